The van der Waals surface area contributed by atoms with Crippen LogP contribution in [0.4, 0.5) is 0 Å². The van der Waals surface area contributed by atoms with Crippen LogP contribution in [0.15, 0.2) is 12.4 Å². The topological polar surface area (TPSA) is 6.48 Å². The lowest BCUT2D eigenvalue weighted by Gasteiger charge is -2.33. The first-order chi connectivity index (χ1) is 26.3. The van der Waals surface area contributed by atoms with Gasteiger partial charge in [-0.15, -0.1) is 0 Å². The van der Waals surface area contributed by atoms with Crippen LogP contribution in [-0.4, -0.2) is 29.1 Å². The van der Waals surface area contributed by atoms with Crippen molar-refractivity contribution in [3.8, 4) is 0 Å². The number of hydrogen-bond acceptors (Lipinski definition) is 2. The zero-order valence-corrected chi connectivity index (χ0v) is 37.4. The van der Waals surface area contributed by atoms with Gasteiger partial charge >= 0.3 is 0 Å². The zero-order chi connectivity index (χ0) is 38.0. The average Bonchev–Trinajstić information content (AvgIpc) is 3.55. The molecule has 0 amide bonds. The maximum atomic E-state index is 2.74. The van der Waals surface area contributed by atoms with Gasteiger partial charge in [-0.2, -0.15) is 0 Å². The van der Waals surface area contributed by atoms with Gasteiger partial charge in [0.05, 0.1) is 0 Å². The second-order valence-corrected chi connectivity index (χ2v) is 17.8. The van der Waals surface area contributed by atoms with Gasteiger partial charge in [0.15, 0.2) is 0 Å². The molecule has 2 heteroatoms. The molecule has 0 aliphatic carbocycles. The Bertz CT molecular complexity index is 658. The highest BCUT2D eigenvalue weighted by Gasteiger charge is 2.25. The quantitative estimate of drug-likeness (QED) is 0.0573. The van der Waals surface area contributed by atoms with Crippen molar-refractivity contribution in [2.45, 2.75) is 303 Å². The Kier molecular flexibility index (Phi) is 40.4. The van der Waals surface area contributed by atoms with E-state index in [1.54, 1.807) is 0 Å². The molecular weight excluding hydrogens is 641 g/mol. The molecule has 0 fully saturated rings. The summed E-state index contributed by atoms with van der Waals surface area (Å²) >= 11 is 0. The molecule has 0 radical (unpaired) electrons. The Morgan fingerprint density at radius 1 is 0.245 bits per heavy atom. The van der Waals surface area contributed by atoms with Crippen LogP contribution in [0.3, 0.4) is 0 Å². The highest BCUT2D eigenvalue weighted by atomic mass is 15.4. The van der Waals surface area contributed by atoms with Crippen molar-refractivity contribution in [3.63, 3.8) is 0 Å². The lowest BCUT2D eigenvalue weighted by atomic mass is 10.0. The molecule has 0 aromatic carbocycles. The van der Waals surface area contributed by atoms with E-state index >= 15 is 0 Å². The predicted octanol–water partition coefficient (Wildman–Crippen LogP) is 18.2. The molecule has 0 N–H and O–H groups in total. The lowest BCUT2D eigenvalue weighted by Crippen LogP contribution is -2.39. The molecule has 0 aromatic rings. The first-order valence-corrected chi connectivity index (χ1v) is 25.5. The van der Waals surface area contributed by atoms with E-state index in [0.29, 0.717) is 6.17 Å². The molecule has 0 atom stereocenters. The third-order valence-electron chi connectivity index (χ3n) is 12.6. The summed E-state index contributed by atoms with van der Waals surface area (Å²) in [5.74, 6) is 0. The summed E-state index contributed by atoms with van der Waals surface area (Å²) in [5, 5.41) is 0. The molecule has 0 spiro atoms. The molecule has 0 saturated heterocycles. The van der Waals surface area contributed by atoms with Gasteiger partial charge < -0.3 is 9.80 Å². The first kappa shape index (κ1) is 50.4. The Morgan fingerprint density at radius 3 is 0.660 bits per heavy atom. The van der Waals surface area contributed by atoms with Gasteiger partial charge in [-0.05, 0) is 25.7 Å². The van der Waals surface area contributed by atoms with Gasteiger partial charge in [0.2, 0.25) is 0 Å². The normalized spacial score (nSPS) is 13.3. The molecule has 0 saturated carbocycles. The zero-order valence-electron chi connectivity index (χ0n) is 37.4. The lowest BCUT2D eigenvalue weighted by molar-refractivity contribution is 0.135. The molecule has 1 heterocycles. The van der Waals surface area contributed by atoms with E-state index in [1.165, 1.54) is 289 Å². The van der Waals surface area contributed by atoms with Crippen LogP contribution >= 0.6 is 0 Å². The van der Waals surface area contributed by atoms with E-state index in [9.17, 15) is 0 Å². The first-order valence-electron chi connectivity index (χ1n) is 25.5. The second-order valence-electron chi connectivity index (χ2n) is 17.8. The SMILES string of the molecule is CCCCCCCCCCCCCCCCCN1C=CN(CCCCCCCCCCCCCCCCC)C1CCCCCCCCCCCCCC. The van der Waals surface area contributed by atoms with Gasteiger partial charge in [0.25, 0.3) is 0 Å². The van der Waals surface area contributed by atoms with Crippen LogP contribution in [0.1, 0.15) is 297 Å². The average molecular weight is 743 g/mol. The summed E-state index contributed by atoms with van der Waals surface area (Å²) in [6.07, 6.45) is 67.9. The van der Waals surface area contributed by atoms with Crippen molar-refractivity contribution in [2.75, 3.05) is 13.1 Å². The van der Waals surface area contributed by atoms with E-state index in [0.717, 1.165) is 0 Å². The van der Waals surface area contributed by atoms with Gasteiger partial charge in [0.1, 0.15) is 6.17 Å². The number of rotatable bonds is 45. The van der Waals surface area contributed by atoms with E-state index in [2.05, 4.69) is 43.0 Å². The fourth-order valence-electron chi connectivity index (χ4n) is 8.84. The third-order valence-corrected chi connectivity index (χ3v) is 12.6. The van der Waals surface area contributed by atoms with Gasteiger partial charge in [-0.3, -0.25) is 0 Å². The minimum Gasteiger partial charge on any atom is -0.356 e. The van der Waals surface area contributed by atoms with Gasteiger partial charge in [0, 0.05) is 25.5 Å². The molecule has 1 aliphatic rings. The highest BCUT2D eigenvalue weighted by Crippen LogP contribution is 2.24. The maximum Gasteiger partial charge on any atom is 0.101 e. The van der Waals surface area contributed by atoms with Crippen LogP contribution in [-0.2, 0) is 0 Å². The summed E-state index contributed by atoms with van der Waals surface area (Å²) in [7, 11) is 0. The van der Waals surface area contributed by atoms with Crippen LogP contribution < -0.4 is 0 Å². The standard InChI is InChI=1S/C51H102N2/c1-4-7-10-13-16-19-22-25-27-29-32-35-38-41-44-47-52-49-50-53(51(52)46-43-40-37-34-31-24-21-18-15-12-9-6-3)48-45-42-39-36-33-30-28-26-23-20-17-14-11-8-5-2/h49-51H,4-48H2,1-3H3. The fraction of sp³-hybridized carbons (Fsp3) is 0.961. The van der Waals surface area contributed by atoms with Crippen LogP contribution in [0.2, 0.25) is 0 Å². The van der Waals surface area contributed by atoms with Crippen molar-refractivity contribution >= 4 is 0 Å². The van der Waals surface area contributed by atoms with E-state index in [4.69, 9.17) is 0 Å². The fourth-order valence-corrected chi connectivity index (χ4v) is 8.84. The van der Waals surface area contributed by atoms with Gasteiger partial charge in [-0.25, -0.2) is 0 Å². The monoisotopic (exact) mass is 743 g/mol. The highest BCUT2D eigenvalue weighted by molar-refractivity contribution is 4.97. The molecule has 2 nitrogen and oxygen atoms in total. The molecule has 1 aliphatic heterocycles. The van der Waals surface area contributed by atoms with Crippen molar-refractivity contribution in [2.24, 2.45) is 0 Å². The van der Waals surface area contributed by atoms with Crippen molar-refractivity contribution in [1.82, 2.24) is 9.80 Å². The number of hydrogen-bond donors (Lipinski definition) is 0. The number of unbranched alkanes of at least 4 members (excludes halogenated alkanes) is 39. The number of nitrogens with zero attached hydrogens (tertiary/aromatic N) is 2. The van der Waals surface area contributed by atoms with E-state index in [1.807, 2.05) is 0 Å². The van der Waals surface area contributed by atoms with Crippen molar-refractivity contribution in [1.29, 1.82) is 0 Å². The Labute approximate surface area is 337 Å². The summed E-state index contributed by atoms with van der Waals surface area (Å²) in [4.78, 5) is 5.48. The molecule has 0 unspecified atom stereocenters. The van der Waals surface area contributed by atoms with Crippen LogP contribution in [0, 0.1) is 0 Å². The molecule has 316 valence electrons. The van der Waals surface area contributed by atoms with Gasteiger partial charge in [-0.1, -0.05) is 271 Å². The van der Waals surface area contributed by atoms with E-state index in [-0.39, 0.29) is 0 Å². The third kappa shape index (κ3) is 34.3. The molecule has 0 bridgehead atoms. The maximum absolute atomic E-state index is 2.74. The Balaban J connectivity index is 2.19. The molecular formula is C51H102N2. The predicted molar refractivity (Wildman–Crippen MR) is 242 cm³/mol. The molecule has 0 aromatic heterocycles. The molecule has 53 heavy (non-hydrogen) atoms. The second kappa shape index (κ2) is 42.5. The summed E-state index contributed by atoms with van der Waals surface area (Å²) in [6.45, 7) is 9.50. The largest absolute Gasteiger partial charge is 0.356 e. The summed E-state index contributed by atoms with van der Waals surface area (Å²) in [5.41, 5.74) is 0. The summed E-state index contributed by atoms with van der Waals surface area (Å²) < 4.78 is 0. The minimum atomic E-state index is 0.636. The van der Waals surface area contributed by atoms with Crippen molar-refractivity contribution < 1.29 is 0 Å². The minimum absolute atomic E-state index is 0.636. The van der Waals surface area contributed by atoms with E-state index < -0.39 is 0 Å². The Morgan fingerprint density at radius 2 is 0.434 bits per heavy atom. The van der Waals surface area contributed by atoms with Crippen LogP contribution in [0.25, 0.3) is 0 Å². The van der Waals surface area contributed by atoms with Crippen molar-refractivity contribution in [3.05, 3.63) is 12.4 Å². The van der Waals surface area contributed by atoms with Crippen LogP contribution in [0.5, 0.6) is 0 Å². The smallest absolute Gasteiger partial charge is 0.101 e. The summed E-state index contributed by atoms with van der Waals surface area (Å²) in [6, 6.07) is 0. The Hall–Kier alpha value is -0.660. The molecule has 1 rings (SSSR count).